The van der Waals surface area contributed by atoms with E-state index in [-0.39, 0.29) is 0 Å². The van der Waals surface area contributed by atoms with Crippen molar-refractivity contribution in [2.45, 2.75) is 13.3 Å². The minimum absolute atomic E-state index is 0.733. The first-order valence-electron chi connectivity index (χ1n) is 7.25. The highest BCUT2D eigenvalue weighted by molar-refractivity contribution is 5.87. The first-order valence-corrected chi connectivity index (χ1v) is 7.25. The van der Waals surface area contributed by atoms with Gasteiger partial charge in [-0.3, -0.25) is 9.78 Å². The Morgan fingerprint density at radius 3 is 2.91 bits per heavy atom. The second-order valence-electron chi connectivity index (χ2n) is 5.78. The predicted octanol–water partition coefficient (Wildman–Crippen LogP) is 2.93. The molecule has 2 aromatic heterocycles. The zero-order chi connectivity index (χ0) is 15.3. The lowest BCUT2D eigenvalue weighted by Crippen LogP contribution is -1.95. The fourth-order valence-electron chi connectivity index (χ4n) is 2.99. The van der Waals surface area contributed by atoms with E-state index in [0.29, 0.717) is 0 Å². The summed E-state index contributed by atoms with van der Waals surface area (Å²) in [6.45, 7) is 2.09. The molecule has 0 aliphatic rings. The van der Waals surface area contributed by atoms with E-state index >= 15 is 0 Å². The summed E-state index contributed by atoms with van der Waals surface area (Å²) in [6.07, 6.45) is 2.63. The van der Waals surface area contributed by atoms with Crippen molar-refractivity contribution >= 4 is 27.5 Å². The zero-order valence-electron chi connectivity index (χ0n) is 12.6. The van der Waals surface area contributed by atoms with Crippen LogP contribution in [0.4, 0.5) is 5.69 Å². The summed E-state index contributed by atoms with van der Waals surface area (Å²) in [5, 5.41) is 14.2. The fourth-order valence-corrected chi connectivity index (χ4v) is 2.99. The van der Waals surface area contributed by atoms with Crippen LogP contribution in [0.1, 0.15) is 16.8 Å². The monoisotopic (exact) mass is 291 g/mol. The summed E-state index contributed by atoms with van der Waals surface area (Å²) in [5.41, 5.74) is 12.3. The van der Waals surface area contributed by atoms with Gasteiger partial charge in [0.2, 0.25) is 0 Å². The molecule has 0 unspecified atom stereocenters. The molecule has 4 rings (SSSR count). The molecule has 0 spiro atoms. The molecule has 2 aromatic carbocycles. The third-order valence-electron chi connectivity index (χ3n) is 4.13. The van der Waals surface area contributed by atoms with Crippen LogP contribution in [0.5, 0.6) is 0 Å². The molecule has 0 radical (unpaired) electrons. The van der Waals surface area contributed by atoms with Crippen LogP contribution in [0.3, 0.4) is 0 Å². The minimum Gasteiger partial charge on any atom is -0.399 e. The van der Waals surface area contributed by atoms with E-state index in [4.69, 9.17) is 5.73 Å². The average molecular weight is 291 g/mol. The summed E-state index contributed by atoms with van der Waals surface area (Å²) < 4.78 is 1.85. The van der Waals surface area contributed by atoms with E-state index in [1.807, 2.05) is 30.1 Å². The fraction of sp³-hybridized carbons (Fsp3) is 0.176. The van der Waals surface area contributed by atoms with Crippen LogP contribution in [0.15, 0.2) is 36.5 Å². The molecule has 0 saturated heterocycles. The topological polar surface area (TPSA) is 72.5 Å². The van der Waals surface area contributed by atoms with E-state index in [9.17, 15) is 0 Å². The number of benzene rings is 2. The van der Waals surface area contributed by atoms with E-state index in [2.05, 4.69) is 40.4 Å². The molecule has 0 aliphatic heterocycles. The van der Waals surface area contributed by atoms with Crippen molar-refractivity contribution in [3.8, 4) is 0 Å². The number of aromatic nitrogens is 4. The summed E-state index contributed by atoms with van der Waals surface area (Å²) in [7, 11) is 1.93. The number of fused-ring (bicyclic) bond motifs is 2. The van der Waals surface area contributed by atoms with Gasteiger partial charge in [0.25, 0.3) is 0 Å². The maximum Gasteiger partial charge on any atom is 0.0744 e. The maximum atomic E-state index is 6.05. The number of nitrogen functional groups attached to an aromatic ring is 1. The van der Waals surface area contributed by atoms with Crippen molar-refractivity contribution in [1.82, 2.24) is 20.0 Å². The molecule has 110 valence electrons. The Kier molecular flexibility index (Phi) is 2.69. The van der Waals surface area contributed by atoms with Crippen LogP contribution in [0.25, 0.3) is 21.8 Å². The third kappa shape index (κ3) is 1.94. The van der Waals surface area contributed by atoms with Gasteiger partial charge < -0.3 is 5.73 Å². The smallest absolute Gasteiger partial charge is 0.0744 e. The molecule has 0 atom stereocenters. The van der Waals surface area contributed by atoms with Gasteiger partial charge in [0, 0.05) is 29.9 Å². The van der Waals surface area contributed by atoms with Gasteiger partial charge in [0.15, 0.2) is 0 Å². The number of nitrogens with two attached hydrogens (primary N) is 1. The molecule has 22 heavy (non-hydrogen) atoms. The number of hydrogen-bond acceptors (Lipinski definition) is 3. The van der Waals surface area contributed by atoms with Gasteiger partial charge in [0.05, 0.1) is 22.9 Å². The largest absolute Gasteiger partial charge is 0.399 e. The number of hydrogen-bond donors (Lipinski definition) is 2. The van der Waals surface area contributed by atoms with Crippen molar-refractivity contribution in [2.75, 3.05) is 5.73 Å². The zero-order valence-corrected chi connectivity index (χ0v) is 12.6. The molecule has 5 nitrogen and oxygen atoms in total. The lowest BCUT2D eigenvalue weighted by Gasteiger charge is -2.05. The first kappa shape index (κ1) is 12.9. The van der Waals surface area contributed by atoms with Crippen LogP contribution in [-0.4, -0.2) is 20.0 Å². The highest BCUT2D eigenvalue weighted by Crippen LogP contribution is 2.26. The first-order chi connectivity index (χ1) is 10.6. The molecular weight excluding hydrogens is 274 g/mol. The number of nitrogens with one attached hydrogen (secondary N) is 1. The second kappa shape index (κ2) is 4.59. The van der Waals surface area contributed by atoms with Gasteiger partial charge in [-0.05, 0) is 36.8 Å². The van der Waals surface area contributed by atoms with Crippen molar-refractivity contribution in [1.29, 1.82) is 0 Å². The van der Waals surface area contributed by atoms with E-state index in [0.717, 1.165) is 39.8 Å². The molecule has 0 fully saturated rings. The van der Waals surface area contributed by atoms with E-state index in [1.165, 1.54) is 10.9 Å². The molecule has 0 amide bonds. The second-order valence-corrected chi connectivity index (χ2v) is 5.78. The quantitative estimate of drug-likeness (QED) is 0.558. The number of rotatable bonds is 2. The number of nitrogens with zero attached hydrogens (tertiary/aromatic N) is 3. The molecule has 2 heterocycles. The Balaban J connectivity index is 1.87. The van der Waals surface area contributed by atoms with E-state index < -0.39 is 0 Å². The highest BCUT2D eigenvalue weighted by atomic mass is 15.2. The van der Waals surface area contributed by atoms with Crippen molar-refractivity contribution in [3.63, 3.8) is 0 Å². The summed E-state index contributed by atoms with van der Waals surface area (Å²) in [4.78, 5) is 0. The Morgan fingerprint density at radius 2 is 2.05 bits per heavy atom. The van der Waals surface area contributed by atoms with E-state index in [1.54, 1.807) is 0 Å². The van der Waals surface area contributed by atoms with Crippen LogP contribution < -0.4 is 5.73 Å². The van der Waals surface area contributed by atoms with Crippen molar-refractivity contribution in [2.24, 2.45) is 7.05 Å². The standard InChI is InChI=1S/C17H17N5/c1-10-3-4-15-13(5-10)16(21-20-15)7-11-6-12(18)8-17-14(11)9-19-22(17)2/h3-6,8-9H,7,18H2,1-2H3,(H,20,21). The SMILES string of the molecule is Cc1ccc2[nH]nc(Cc3cc(N)cc4c3cnn4C)c2c1. The van der Waals surface area contributed by atoms with Crippen LogP contribution in [0.2, 0.25) is 0 Å². The lowest BCUT2D eigenvalue weighted by atomic mass is 10.0. The van der Waals surface area contributed by atoms with Gasteiger partial charge in [-0.2, -0.15) is 10.2 Å². The van der Waals surface area contributed by atoms with Gasteiger partial charge in [-0.25, -0.2) is 0 Å². The highest BCUT2D eigenvalue weighted by Gasteiger charge is 2.12. The van der Waals surface area contributed by atoms with Gasteiger partial charge >= 0.3 is 0 Å². The normalized spacial score (nSPS) is 11.5. The number of aryl methyl sites for hydroxylation is 2. The van der Waals surface area contributed by atoms with Crippen LogP contribution >= 0.6 is 0 Å². The van der Waals surface area contributed by atoms with Gasteiger partial charge in [-0.1, -0.05) is 11.6 Å². The average Bonchev–Trinajstić information content (AvgIpc) is 3.04. The Hall–Kier alpha value is -2.82. The molecule has 5 heteroatoms. The van der Waals surface area contributed by atoms with Crippen LogP contribution in [-0.2, 0) is 13.5 Å². The summed E-state index contributed by atoms with van der Waals surface area (Å²) >= 11 is 0. The summed E-state index contributed by atoms with van der Waals surface area (Å²) in [6, 6.07) is 10.3. The van der Waals surface area contributed by atoms with Crippen molar-refractivity contribution in [3.05, 3.63) is 53.3 Å². The van der Waals surface area contributed by atoms with Gasteiger partial charge in [-0.15, -0.1) is 0 Å². The number of H-pyrrole nitrogens is 1. The molecule has 0 saturated carbocycles. The van der Waals surface area contributed by atoms with Gasteiger partial charge in [0.1, 0.15) is 0 Å². The molecule has 0 bridgehead atoms. The Bertz CT molecular complexity index is 993. The number of anilines is 1. The third-order valence-corrected chi connectivity index (χ3v) is 4.13. The maximum absolute atomic E-state index is 6.05. The molecular formula is C17H17N5. The lowest BCUT2D eigenvalue weighted by molar-refractivity contribution is 0.797. The summed E-state index contributed by atoms with van der Waals surface area (Å²) in [5.74, 6) is 0. The Morgan fingerprint density at radius 1 is 1.18 bits per heavy atom. The van der Waals surface area contributed by atoms with Crippen LogP contribution in [0, 0.1) is 6.92 Å². The molecule has 3 N–H and O–H groups in total. The molecule has 4 aromatic rings. The van der Waals surface area contributed by atoms with Crippen molar-refractivity contribution < 1.29 is 0 Å². The minimum atomic E-state index is 0.733. The predicted molar refractivity (Wildman–Crippen MR) is 88.8 cm³/mol. The molecule has 0 aliphatic carbocycles. The number of aromatic amines is 1. The Labute approximate surface area is 127 Å².